The van der Waals surface area contributed by atoms with Crippen LogP contribution in [0.15, 0.2) is 188 Å². The van der Waals surface area contributed by atoms with Gasteiger partial charge in [0.25, 0.3) is 0 Å². The molecule has 1 nitrogen and oxygen atoms in total. The highest BCUT2D eigenvalue weighted by molar-refractivity contribution is 6.08. The van der Waals surface area contributed by atoms with Gasteiger partial charge in [-0.05, 0) is 102 Å². The average Bonchev–Trinajstić information content (AvgIpc) is 3.15. The summed E-state index contributed by atoms with van der Waals surface area (Å²) in [6, 6.07) is 68.3. The van der Waals surface area contributed by atoms with Crippen molar-refractivity contribution in [2.75, 3.05) is 4.90 Å². The molecule has 0 aromatic heterocycles. The van der Waals surface area contributed by atoms with Gasteiger partial charge in [0.2, 0.25) is 0 Å². The molecular formula is C46H31N. The molecule has 0 amide bonds. The minimum Gasteiger partial charge on any atom is -0.310 e. The Hall–Kier alpha value is -6.18. The number of rotatable bonds is 5. The van der Waals surface area contributed by atoms with Crippen LogP contribution in [-0.4, -0.2) is 0 Å². The molecule has 1 heteroatoms. The molecule has 0 aliphatic rings. The van der Waals surface area contributed by atoms with E-state index in [0.29, 0.717) is 0 Å². The van der Waals surface area contributed by atoms with Crippen LogP contribution in [0.5, 0.6) is 0 Å². The average molecular weight is 598 g/mol. The number of fused-ring (bicyclic) bond motifs is 5. The van der Waals surface area contributed by atoms with Crippen LogP contribution in [0.3, 0.4) is 0 Å². The zero-order valence-corrected chi connectivity index (χ0v) is 25.8. The van der Waals surface area contributed by atoms with Gasteiger partial charge in [-0.2, -0.15) is 0 Å². The van der Waals surface area contributed by atoms with E-state index in [-0.39, 0.29) is 0 Å². The first-order valence-electron chi connectivity index (χ1n) is 16.2. The van der Waals surface area contributed by atoms with E-state index in [9.17, 15) is 0 Å². The molecule has 9 rings (SSSR count). The van der Waals surface area contributed by atoms with Gasteiger partial charge in [-0.1, -0.05) is 146 Å². The largest absolute Gasteiger partial charge is 0.310 e. The molecule has 0 unspecified atom stereocenters. The fourth-order valence-corrected chi connectivity index (χ4v) is 7.02. The quantitative estimate of drug-likeness (QED) is 0.178. The maximum Gasteiger partial charge on any atom is 0.0540 e. The molecule has 0 N–H and O–H groups in total. The molecule has 0 aliphatic carbocycles. The molecule has 0 atom stereocenters. The number of hydrogen-bond donors (Lipinski definition) is 0. The van der Waals surface area contributed by atoms with Gasteiger partial charge in [0.15, 0.2) is 0 Å². The molecule has 0 spiro atoms. The van der Waals surface area contributed by atoms with Crippen LogP contribution in [-0.2, 0) is 0 Å². The second-order valence-corrected chi connectivity index (χ2v) is 12.2. The van der Waals surface area contributed by atoms with Crippen molar-refractivity contribution in [3.05, 3.63) is 188 Å². The highest BCUT2D eigenvalue weighted by atomic mass is 15.1. The van der Waals surface area contributed by atoms with Gasteiger partial charge < -0.3 is 4.90 Å². The third-order valence-corrected chi connectivity index (χ3v) is 9.40. The van der Waals surface area contributed by atoms with Crippen LogP contribution in [0.2, 0.25) is 0 Å². The highest BCUT2D eigenvalue weighted by Gasteiger charge is 2.16. The second-order valence-electron chi connectivity index (χ2n) is 12.2. The van der Waals surface area contributed by atoms with Crippen molar-refractivity contribution < 1.29 is 0 Å². The molecule has 0 saturated heterocycles. The van der Waals surface area contributed by atoms with Crippen LogP contribution in [0, 0.1) is 0 Å². The zero-order chi connectivity index (χ0) is 31.2. The monoisotopic (exact) mass is 597 g/mol. The van der Waals surface area contributed by atoms with Crippen LogP contribution < -0.4 is 4.90 Å². The first-order chi connectivity index (χ1) is 23.3. The molecular weight excluding hydrogens is 567 g/mol. The number of anilines is 3. The van der Waals surface area contributed by atoms with Gasteiger partial charge in [-0.15, -0.1) is 0 Å². The normalized spacial score (nSPS) is 11.4. The molecule has 0 fully saturated rings. The van der Waals surface area contributed by atoms with Crippen molar-refractivity contribution >= 4 is 60.2 Å². The molecule has 9 aromatic carbocycles. The lowest BCUT2D eigenvalue weighted by molar-refractivity contribution is 1.30. The molecule has 9 aromatic rings. The Morgan fingerprint density at radius 2 is 0.787 bits per heavy atom. The van der Waals surface area contributed by atoms with Crippen molar-refractivity contribution in [3.63, 3.8) is 0 Å². The van der Waals surface area contributed by atoms with E-state index >= 15 is 0 Å². The smallest absolute Gasteiger partial charge is 0.0540 e. The Morgan fingerprint density at radius 1 is 0.255 bits per heavy atom. The summed E-state index contributed by atoms with van der Waals surface area (Å²) in [5.41, 5.74) is 8.22. The lowest BCUT2D eigenvalue weighted by atomic mass is 9.97. The SMILES string of the molecule is c1cc(-c2ccc3ccccc3c2)cc(N(c2ccc(-c3ccc4c(ccc5ccccc54)c3)cc2)c2cccc3ccccc23)c1. The molecule has 0 heterocycles. The Bertz CT molecular complexity index is 2570. The summed E-state index contributed by atoms with van der Waals surface area (Å²) < 4.78 is 0. The van der Waals surface area contributed by atoms with Crippen molar-refractivity contribution in [1.82, 2.24) is 0 Å². The first-order valence-corrected chi connectivity index (χ1v) is 16.2. The van der Waals surface area contributed by atoms with E-state index in [0.717, 1.165) is 17.1 Å². The number of benzene rings is 9. The highest BCUT2D eigenvalue weighted by Crippen LogP contribution is 2.41. The molecule has 47 heavy (non-hydrogen) atoms. The van der Waals surface area contributed by atoms with Gasteiger partial charge in [-0.25, -0.2) is 0 Å². The van der Waals surface area contributed by atoms with Gasteiger partial charge >= 0.3 is 0 Å². The summed E-state index contributed by atoms with van der Waals surface area (Å²) >= 11 is 0. The summed E-state index contributed by atoms with van der Waals surface area (Å²) in [7, 11) is 0. The van der Waals surface area contributed by atoms with Crippen LogP contribution >= 0.6 is 0 Å². The van der Waals surface area contributed by atoms with E-state index in [4.69, 9.17) is 0 Å². The standard InChI is InChI=1S/C46H31N/c1-2-12-36-29-39(21-19-32(36)9-1)37-14-7-15-42(31-37)47(46-18-8-13-34-10-4-6-17-45(34)46)41-26-23-33(24-27-41)38-25-28-44-40(30-38)22-20-35-11-3-5-16-43(35)44/h1-31H. The topological polar surface area (TPSA) is 3.24 Å². The van der Waals surface area contributed by atoms with Crippen LogP contribution in [0.25, 0.3) is 65.3 Å². The predicted molar refractivity (Wildman–Crippen MR) is 202 cm³/mol. The third-order valence-electron chi connectivity index (χ3n) is 9.40. The molecule has 0 aliphatic heterocycles. The van der Waals surface area contributed by atoms with E-state index in [2.05, 4.69) is 193 Å². The number of nitrogens with zero attached hydrogens (tertiary/aromatic N) is 1. The van der Waals surface area contributed by atoms with Gasteiger partial charge in [0.1, 0.15) is 0 Å². The molecule has 0 saturated carbocycles. The van der Waals surface area contributed by atoms with Crippen molar-refractivity contribution in [3.8, 4) is 22.3 Å². The Kier molecular flexibility index (Phi) is 6.54. The van der Waals surface area contributed by atoms with Crippen molar-refractivity contribution in [1.29, 1.82) is 0 Å². The lowest BCUT2D eigenvalue weighted by Crippen LogP contribution is -2.10. The minimum absolute atomic E-state index is 1.12. The predicted octanol–water partition coefficient (Wildman–Crippen LogP) is 13.1. The summed E-state index contributed by atoms with van der Waals surface area (Å²) in [5.74, 6) is 0. The van der Waals surface area contributed by atoms with E-state index in [1.807, 2.05) is 0 Å². The maximum absolute atomic E-state index is 2.39. The first kappa shape index (κ1) is 27.2. The van der Waals surface area contributed by atoms with E-state index in [1.165, 1.54) is 65.3 Å². The van der Waals surface area contributed by atoms with E-state index in [1.54, 1.807) is 0 Å². The summed E-state index contributed by atoms with van der Waals surface area (Å²) in [6.07, 6.45) is 0. The molecule has 0 radical (unpaired) electrons. The van der Waals surface area contributed by atoms with Gasteiger partial charge in [0, 0.05) is 16.8 Å². The number of hydrogen-bond acceptors (Lipinski definition) is 1. The van der Waals surface area contributed by atoms with Crippen LogP contribution in [0.4, 0.5) is 17.1 Å². The van der Waals surface area contributed by atoms with E-state index < -0.39 is 0 Å². The summed E-state index contributed by atoms with van der Waals surface area (Å²) in [6.45, 7) is 0. The van der Waals surface area contributed by atoms with Crippen molar-refractivity contribution in [2.24, 2.45) is 0 Å². The second kappa shape index (κ2) is 11.3. The maximum atomic E-state index is 2.39. The molecule has 0 bridgehead atoms. The van der Waals surface area contributed by atoms with Gasteiger partial charge in [-0.3, -0.25) is 0 Å². The lowest BCUT2D eigenvalue weighted by Gasteiger charge is -2.27. The summed E-state index contributed by atoms with van der Waals surface area (Å²) in [5, 5.41) is 10.1. The van der Waals surface area contributed by atoms with Crippen LogP contribution in [0.1, 0.15) is 0 Å². The Balaban J connectivity index is 1.15. The molecule has 220 valence electrons. The van der Waals surface area contributed by atoms with Gasteiger partial charge in [0.05, 0.1) is 5.69 Å². The minimum atomic E-state index is 1.12. The van der Waals surface area contributed by atoms with Crippen molar-refractivity contribution in [2.45, 2.75) is 0 Å². The Labute approximate surface area is 274 Å². The fraction of sp³-hybridized carbons (Fsp3) is 0. The zero-order valence-electron chi connectivity index (χ0n) is 25.8. The Morgan fingerprint density at radius 3 is 1.64 bits per heavy atom. The third kappa shape index (κ3) is 4.90. The fourth-order valence-electron chi connectivity index (χ4n) is 7.02. The summed E-state index contributed by atoms with van der Waals surface area (Å²) in [4.78, 5) is 2.39.